The Bertz CT molecular complexity index is 786. The van der Waals surface area contributed by atoms with Crippen LogP contribution in [0.15, 0.2) is 36.8 Å². The highest BCUT2D eigenvalue weighted by atomic mass is 35.5. The highest BCUT2D eigenvalue weighted by molar-refractivity contribution is 6.31. The van der Waals surface area contributed by atoms with Gasteiger partial charge in [0.1, 0.15) is 17.9 Å². The predicted octanol–water partition coefficient (Wildman–Crippen LogP) is 2.23. The lowest BCUT2D eigenvalue weighted by molar-refractivity contribution is -0.137. The van der Waals surface area contributed by atoms with Crippen molar-refractivity contribution in [1.29, 1.82) is 0 Å². The van der Waals surface area contributed by atoms with Gasteiger partial charge in [-0.15, -0.1) is 0 Å². The molecule has 7 heteroatoms. The molecule has 0 aromatic carbocycles. The van der Waals surface area contributed by atoms with Crippen LogP contribution in [0.25, 0.3) is 22.6 Å². The molecule has 3 aromatic rings. The number of aromatic nitrogens is 4. The van der Waals surface area contributed by atoms with E-state index < -0.39 is 5.97 Å². The second kappa shape index (κ2) is 4.90. The zero-order valence-corrected chi connectivity index (χ0v) is 10.9. The third-order valence-corrected chi connectivity index (χ3v) is 2.97. The van der Waals surface area contributed by atoms with Crippen LogP contribution in [-0.2, 0) is 11.3 Å². The molecule has 0 aliphatic rings. The van der Waals surface area contributed by atoms with Crippen molar-refractivity contribution in [3.63, 3.8) is 0 Å². The van der Waals surface area contributed by atoms with E-state index in [1.54, 1.807) is 24.5 Å². The van der Waals surface area contributed by atoms with Crippen molar-refractivity contribution in [1.82, 2.24) is 19.5 Å². The first-order chi connectivity index (χ1) is 9.65. The van der Waals surface area contributed by atoms with Gasteiger partial charge in [-0.05, 0) is 18.2 Å². The quantitative estimate of drug-likeness (QED) is 0.799. The molecule has 20 heavy (non-hydrogen) atoms. The van der Waals surface area contributed by atoms with Crippen LogP contribution >= 0.6 is 11.6 Å². The zero-order chi connectivity index (χ0) is 14.1. The Hall–Kier alpha value is -2.47. The lowest BCUT2D eigenvalue weighted by Gasteiger charge is -2.05. The number of aliphatic carboxylic acids is 1. The van der Waals surface area contributed by atoms with Gasteiger partial charge < -0.3 is 5.11 Å². The first-order valence-electron chi connectivity index (χ1n) is 5.79. The first kappa shape index (κ1) is 12.6. The molecule has 0 aliphatic carbocycles. The van der Waals surface area contributed by atoms with Crippen LogP contribution in [0, 0.1) is 0 Å². The Morgan fingerprint density at radius 2 is 2.25 bits per heavy atom. The van der Waals surface area contributed by atoms with Crippen LogP contribution < -0.4 is 0 Å². The highest BCUT2D eigenvalue weighted by Gasteiger charge is 2.16. The normalized spacial score (nSPS) is 10.8. The van der Waals surface area contributed by atoms with E-state index in [9.17, 15) is 4.79 Å². The van der Waals surface area contributed by atoms with E-state index in [1.165, 1.54) is 10.8 Å². The minimum Gasteiger partial charge on any atom is -0.480 e. The number of imidazole rings is 1. The van der Waals surface area contributed by atoms with Crippen LogP contribution in [-0.4, -0.2) is 30.6 Å². The van der Waals surface area contributed by atoms with Gasteiger partial charge in [-0.3, -0.25) is 14.3 Å². The number of carbonyl (C=O) groups is 1. The molecule has 0 radical (unpaired) electrons. The number of hydrogen-bond donors (Lipinski definition) is 1. The monoisotopic (exact) mass is 288 g/mol. The number of nitrogens with zero attached hydrogens (tertiary/aromatic N) is 4. The van der Waals surface area contributed by atoms with Crippen LogP contribution in [0.5, 0.6) is 0 Å². The molecule has 0 bridgehead atoms. The average molecular weight is 289 g/mol. The SMILES string of the molecule is O=C(O)Cn1c(-c2cccnc2)nc2cc(Cl)cnc21. The number of fused-ring (bicyclic) bond motifs is 1. The van der Waals surface area contributed by atoms with Gasteiger partial charge in [-0.25, -0.2) is 9.97 Å². The summed E-state index contributed by atoms with van der Waals surface area (Å²) >= 11 is 5.89. The Balaban J connectivity index is 2.27. The largest absolute Gasteiger partial charge is 0.480 e. The summed E-state index contributed by atoms with van der Waals surface area (Å²) in [6.45, 7) is -0.227. The number of rotatable bonds is 3. The molecular formula is C13H9ClN4O2. The number of halogens is 1. The van der Waals surface area contributed by atoms with Crippen molar-refractivity contribution in [3.8, 4) is 11.4 Å². The molecule has 0 saturated heterocycles. The lowest BCUT2D eigenvalue weighted by atomic mass is 10.3. The van der Waals surface area contributed by atoms with Crippen LogP contribution in [0.3, 0.4) is 0 Å². The lowest BCUT2D eigenvalue weighted by Crippen LogP contribution is -2.10. The van der Waals surface area contributed by atoms with Gasteiger partial charge in [0.2, 0.25) is 0 Å². The third-order valence-electron chi connectivity index (χ3n) is 2.76. The van der Waals surface area contributed by atoms with Crippen molar-refractivity contribution < 1.29 is 9.90 Å². The molecule has 3 aromatic heterocycles. The van der Waals surface area contributed by atoms with Crippen LogP contribution in [0.2, 0.25) is 5.02 Å². The molecule has 0 atom stereocenters. The maximum atomic E-state index is 11.0. The van der Waals surface area contributed by atoms with E-state index in [1.807, 2.05) is 6.07 Å². The minimum atomic E-state index is -0.966. The summed E-state index contributed by atoms with van der Waals surface area (Å²) in [5.74, 6) is -0.462. The summed E-state index contributed by atoms with van der Waals surface area (Å²) in [7, 11) is 0. The summed E-state index contributed by atoms with van der Waals surface area (Å²) in [5.41, 5.74) is 1.76. The van der Waals surface area contributed by atoms with E-state index in [0.29, 0.717) is 22.0 Å². The number of pyridine rings is 2. The molecule has 0 unspecified atom stereocenters. The first-order valence-corrected chi connectivity index (χ1v) is 6.17. The van der Waals surface area contributed by atoms with Crippen molar-refractivity contribution in [3.05, 3.63) is 41.8 Å². The summed E-state index contributed by atoms with van der Waals surface area (Å²) in [4.78, 5) is 23.6. The summed E-state index contributed by atoms with van der Waals surface area (Å²) in [5, 5.41) is 9.51. The summed E-state index contributed by atoms with van der Waals surface area (Å²) < 4.78 is 1.53. The highest BCUT2D eigenvalue weighted by Crippen LogP contribution is 2.24. The fourth-order valence-electron chi connectivity index (χ4n) is 1.99. The standard InChI is InChI=1S/C13H9ClN4O2/c14-9-4-10-13(16-6-9)18(7-11(19)20)12(17-10)8-2-1-3-15-5-8/h1-6H,7H2,(H,19,20). The van der Waals surface area contributed by atoms with Crippen molar-refractivity contribution in [2.75, 3.05) is 0 Å². The van der Waals surface area contributed by atoms with Gasteiger partial charge in [0.15, 0.2) is 5.65 Å². The van der Waals surface area contributed by atoms with E-state index >= 15 is 0 Å². The smallest absolute Gasteiger partial charge is 0.323 e. The van der Waals surface area contributed by atoms with Crippen LogP contribution in [0.4, 0.5) is 0 Å². The number of hydrogen-bond acceptors (Lipinski definition) is 4. The van der Waals surface area contributed by atoms with Gasteiger partial charge in [0.05, 0.1) is 5.02 Å². The van der Waals surface area contributed by atoms with Gasteiger partial charge in [0, 0.05) is 24.2 Å². The van der Waals surface area contributed by atoms with Gasteiger partial charge in [0.25, 0.3) is 0 Å². The van der Waals surface area contributed by atoms with Gasteiger partial charge in [-0.1, -0.05) is 11.6 Å². The molecule has 0 saturated carbocycles. The molecule has 1 N–H and O–H groups in total. The van der Waals surface area contributed by atoms with Crippen molar-refractivity contribution in [2.45, 2.75) is 6.54 Å². The van der Waals surface area contributed by atoms with E-state index in [4.69, 9.17) is 16.7 Å². The molecule has 3 rings (SSSR count). The Morgan fingerprint density at radius 3 is 2.95 bits per heavy atom. The fraction of sp³-hybridized carbons (Fsp3) is 0.0769. The van der Waals surface area contributed by atoms with E-state index in [2.05, 4.69) is 15.0 Å². The third kappa shape index (κ3) is 2.21. The number of carboxylic acid groups (broad SMARTS) is 1. The molecule has 100 valence electrons. The number of carboxylic acids is 1. The molecular weight excluding hydrogens is 280 g/mol. The molecule has 6 nitrogen and oxygen atoms in total. The van der Waals surface area contributed by atoms with E-state index in [-0.39, 0.29) is 6.54 Å². The molecule has 0 amide bonds. The Labute approximate surface area is 118 Å². The molecule has 0 fully saturated rings. The summed E-state index contributed by atoms with van der Waals surface area (Å²) in [6, 6.07) is 5.23. The maximum absolute atomic E-state index is 11.0. The maximum Gasteiger partial charge on any atom is 0.323 e. The minimum absolute atomic E-state index is 0.227. The fourth-order valence-corrected chi connectivity index (χ4v) is 2.14. The Morgan fingerprint density at radius 1 is 1.40 bits per heavy atom. The summed E-state index contributed by atoms with van der Waals surface area (Å²) in [6.07, 6.45) is 4.74. The zero-order valence-electron chi connectivity index (χ0n) is 10.2. The van der Waals surface area contributed by atoms with Crippen molar-refractivity contribution in [2.24, 2.45) is 0 Å². The van der Waals surface area contributed by atoms with E-state index in [0.717, 1.165) is 5.56 Å². The molecule has 0 spiro atoms. The second-order valence-electron chi connectivity index (χ2n) is 4.15. The van der Waals surface area contributed by atoms with Gasteiger partial charge in [-0.2, -0.15) is 0 Å². The second-order valence-corrected chi connectivity index (χ2v) is 4.59. The molecule has 3 heterocycles. The Kier molecular flexibility index (Phi) is 3.08. The van der Waals surface area contributed by atoms with Gasteiger partial charge >= 0.3 is 5.97 Å². The predicted molar refractivity (Wildman–Crippen MR) is 73.4 cm³/mol. The molecule has 0 aliphatic heterocycles. The van der Waals surface area contributed by atoms with Crippen molar-refractivity contribution >= 4 is 28.7 Å². The van der Waals surface area contributed by atoms with Crippen LogP contribution in [0.1, 0.15) is 0 Å². The average Bonchev–Trinajstić information content (AvgIpc) is 2.77. The topological polar surface area (TPSA) is 80.9 Å².